The normalized spacial score (nSPS) is 11.2. The molecule has 2 aromatic carbocycles. The van der Waals surface area contributed by atoms with Crippen molar-refractivity contribution in [2.45, 2.75) is 13.8 Å². The lowest BCUT2D eigenvalue weighted by molar-refractivity contribution is 0.255. The maximum atomic E-state index is 5.87. The molecular formula is C18H19BrN2O2. The number of aromatic amines is 1. The summed E-state index contributed by atoms with van der Waals surface area (Å²) in [5.74, 6) is 2.67. The van der Waals surface area contributed by atoms with Crippen molar-refractivity contribution in [3.8, 4) is 22.9 Å². The molecule has 1 N–H and O–H groups in total. The molecule has 0 saturated carbocycles. The molecule has 0 radical (unpaired) electrons. The molecule has 0 saturated heterocycles. The van der Waals surface area contributed by atoms with Crippen LogP contribution in [0.3, 0.4) is 0 Å². The topological polar surface area (TPSA) is 47.1 Å². The number of rotatable bonds is 5. The molecule has 0 aliphatic rings. The monoisotopic (exact) mass is 374 g/mol. The Morgan fingerprint density at radius 2 is 2.00 bits per heavy atom. The molecule has 1 heterocycles. The highest BCUT2D eigenvalue weighted by molar-refractivity contribution is 9.10. The standard InChI is InChI=1S/C18H19BrN2O2/c1-11(2)10-23-17-13(19)8-12(9-16(17)22-3)18-20-14-6-4-5-7-15(14)21-18/h4-9,11H,10H2,1-3H3,(H,20,21). The summed E-state index contributed by atoms with van der Waals surface area (Å²) in [4.78, 5) is 7.96. The predicted octanol–water partition coefficient (Wildman–Crippen LogP) is 5.04. The minimum absolute atomic E-state index is 0.446. The molecule has 0 unspecified atom stereocenters. The molecule has 3 rings (SSSR count). The van der Waals surface area contributed by atoms with Crippen LogP contribution in [-0.4, -0.2) is 23.7 Å². The van der Waals surface area contributed by atoms with E-state index >= 15 is 0 Å². The Morgan fingerprint density at radius 3 is 2.70 bits per heavy atom. The summed E-state index contributed by atoms with van der Waals surface area (Å²) in [5, 5.41) is 0. The van der Waals surface area contributed by atoms with Gasteiger partial charge in [0, 0.05) is 5.56 Å². The molecule has 0 amide bonds. The number of para-hydroxylation sites is 2. The summed E-state index contributed by atoms with van der Waals surface area (Å²) in [6.45, 7) is 4.87. The van der Waals surface area contributed by atoms with E-state index in [2.05, 4.69) is 39.7 Å². The van der Waals surface area contributed by atoms with E-state index in [4.69, 9.17) is 9.47 Å². The van der Waals surface area contributed by atoms with E-state index in [9.17, 15) is 0 Å². The number of ether oxygens (including phenoxy) is 2. The van der Waals surface area contributed by atoms with Gasteiger partial charge in [0.25, 0.3) is 0 Å². The van der Waals surface area contributed by atoms with Gasteiger partial charge in [0.1, 0.15) is 5.82 Å². The van der Waals surface area contributed by atoms with Crippen LogP contribution in [0, 0.1) is 5.92 Å². The van der Waals surface area contributed by atoms with Crippen LogP contribution in [0.25, 0.3) is 22.4 Å². The maximum absolute atomic E-state index is 5.87. The first-order chi connectivity index (χ1) is 11.1. The Morgan fingerprint density at radius 1 is 1.22 bits per heavy atom. The summed E-state index contributed by atoms with van der Waals surface area (Å²) in [6, 6.07) is 11.9. The van der Waals surface area contributed by atoms with Crippen LogP contribution >= 0.6 is 15.9 Å². The molecule has 4 nitrogen and oxygen atoms in total. The number of imidazole rings is 1. The van der Waals surface area contributed by atoms with Crippen molar-refractivity contribution in [3.05, 3.63) is 40.9 Å². The second-order valence-electron chi connectivity index (χ2n) is 5.80. The number of methoxy groups -OCH3 is 1. The van der Waals surface area contributed by atoms with Crippen LogP contribution in [0.15, 0.2) is 40.9 Å². The Hall–Kier alpha value is -2.01. The number of nitrogens with zero attached hydrogens (tertiary/aromatic N) is 1. The molecule has 0 aliphatic carbocycles. The lowest BCUT2D eigenvalue weighted by atomic mass is 10.2. The van der Waals surface area contributed by atoms with Gasteiger partial charge in [-0.2, -0.15) is 0 Å². The van der Waals surface area contributed by atoms with Crippen LogP contribution in [0.5, 0.6) is 11.5 Å². The Labute approximate surface area is 144 Å². The molecule has 0 aliphatic heterocycles. The zero-order valence-electron chi connectivity index (χ0n) is 13.4. The molecule has 1 aromatic heterocycles. The maximum Gasteiger partial charge on any atom is 0.175 e. The van der Waals surface area contributed by atoms with Gasteiger partial charge in [-0.15, -0.1) is 0 Å². The van der Waals surface area contributed by atoms with Crippen LogP contribution in [0.2, 0.25) is 0 Å². The second-order valence-corrected chi connectivity index (χ2v) is 6.65. The average Bonchev–Trinajstić information content (AvgIpc) is 2.96. The third-order valence-corrected chi connectivity index (χ3v) is 4.04. The quantitative estimate of drug-likeness (QED) is 0.680. The van der Waals surface area contributed by atoms with E-state index in [1.54, 1.807) is 7.11 Å². The van der Waals surface area contributed by atoms with E-state index in [0.717, 1.165) is 32.6 Å². The van der Waals surface area contributed by atoms with Crippen LogP contribution in [-0.2, 0) is 0 Å². The molecule has 0 atom stereocenters. The predicted molar refractivity (Wildman–Crippen MR) is 96.1 cm³/mol. The van der Waals surface area contributed by atoms with Gasteiger partial charge in [0.05, 0.1) is 29.2 Å². The number of halogens is 1. The Kier molecular flexibility index (Phi) is 4.57. The Balaban J connectivity index is 2.01. The number of nitrogens with one attached hydrogen (secondary N) is 1. The molecular weight excluding hydrogens is 356 g/mol. The number of hydrogen-bond acceptors (Lipinski definition) is 3. The third kappa shape index (κ3) is 3.34. The van der Waals surface area contributed by atoms with Gasteiger partial charge in [-0.25, -0.2) is 4.98 Å². The number of aromatic nitrogens is 2. The van der Waals surface area contributed by atoms with E-state index in [1.165, 1.54) is 0 Å². The molecule has 0 fully saturated rings. The molecule has 0 bridgehead atoms. The zero-order valence-corrected chi connectivity index (χ0v) is 15.0. The minimum Gasteiger partial charge on any atom is -0.493 e. The van der Waals surface area contributed by atoms with Crippen molar-refractivity contribution >= 4 is 27.0 Å². The second kappa shape index (κ2) is 6.62. The smallest absolute Gasteiger partial charge is 0.175 e. The van der Waals surface area contributed by atoms with Gasteiger partial charge in [-0.3, -0.25) is 0 Å². The zero-order chi connectivity index (χ0) is 16.4. The first-order valence-corrected chi connectivity index (χ1v) is 8.33. The molecule has 3 aromatic rings. The van der Waals surface area contributed by atoms with E-state index in [0.29, 0.717) is 18.3 Å². The van der Waals surface area contributed by atoms with Gasteiger partial charge < -0.3 is 14.5 Å². The summed E-state index contributed by atoms with van der Waals surface area (Å²) in [6.07, 6.45) is 0. The van der Waals surface area contributed by atoms with Crippen LogP contribution in [0.1, 0.15) is 13.8 Å². The van der Waals surface area contributed by atoms with Gasteiger partial charge in [0.2, 0.25) is 0 Å². The van der Waals surface area contributed by atoms with Crippen molar-refractivity contribution in [1.82, 2.24) is 9.97 Å². The lowest BCUT2D eigenvalue weighted by Crippen LogP contribution is -2.06. The van der Waals surface area contributed by atoms with Gasteiger partial charge >= 0.3 is 0 Å². The minimum atomic E-state index is 0.446. The fourth-order valence-electron chi connectivity index (χ4n) is 2.34. The van der Waals surface area contributed by atoms with Crippen LogP contribution in [0.4, 0.5) is 0 Å². The van der Waals surface area contributed by atoms with Gasteiger partial charge in [-0.05, 0) is 46.1 Å². The number of fused-ring (bicyclic) bond motifs is 1. The number of benzene rings is 2. The van der Waals surface area contributed by atoms with Crippen molar-refractivity contribution in [3.63, 3.8) is 0 Å². The summed E-state index contributed by atoms with van der Waals surface area (Å²) < 4.78 is 12.2. The first kappa shape index (κ1) is 15.9. The van der Waals surface area contributed by atoms with Crippen molar-refractivity contribution in [2.24, 2.45) is 5.92 Å². The fourth-order valence-corrected chi connectivity index (χ4v) is 2.89. The van der Waals surface area contributed by atoms with E-state index in [1.807, 2.05) is 36.4 Å². The Bertz CT molecular complexity index is 794. The number of hydrogen-bond donors (Lipinski definition) is 1. The third-order valence-electron chi connectivity index (χ3n) is 3.45. The lowest BCUT2D eigenvalue weighted by Gasteiger charge is -2.15. The highest BCUT2D eigenvalue weighted by Crippen LogP contribution is 2.39. The van der Waals surface area contributed by atoms with Crippen molar-refractivity contribution in [1.29, 1.82) is 0 Å². The SMILES string of the molecule is COc1cc(-c2nc3ccccc3[nH]2)cc(Br)c1OCC(C)C. The summed E-state index contributed by atoms with van der Waals surface area (Å²) in [7, 11) is 1.65. The van der Waals surface area contributed by atoms with Crippen molar-refractivity contribution < 1.29 is 9.47 Å². The molecule has 120 valence electrons. The highest BCUT2D eigenvalue weighted by Gasteiger charge is 2.15. The summed E-state index contributed by atoms with van der Waals surface area (Å²) >= 11 is 3.58. The highest BCUT2D eigenvalue weighted by atomic mass is 79.9. The largest absolute Gasteiger partial charge is 0.493 e. The average molecular weight is 375 g/mol. The molecule has 0 spiro atoms. The van der Waals surface area contributed by atoms with E-state index in [-0.39, 0.29) is 0 Å². The fraction of sp³-hybridized carbons (Fsp3) is 0.278. The van der Waals surface area contributed by atoms with Gasteiger partial charge in [0.15, 0.2) is 11.5 Å². The first-order valence-electron chi connectivity index (χ1n) is 7.54. The van der Waals surface area contributed by atoms with Crippen molar-refractivity contribution in [2.75, 3.05) is 13.7 Å². The molecule has 23 heavy (non-hydrogen) atoms. The van der Waals surface area contributed by atoms with Gasteiger partial charge in [-0.1, -0.05) is 26.0 Å². The van der Waals surface area contributed by atoms with Crippen LogP contribution < -0.4 is 9.47 Å². The molecule has 5 heteroatoms. The van der Waals surface area contributed by atoms with E-state index < -0.39 is 0 Å². The number of H-pyrrole nitrogens is 1. The summed E-state index contributed by atoms with van der Waals surface area (Å²) in [5.41, 5.74) is 2.90.